The van der Waals surface area contributed by atoms with Crippen molar-refractivity contribution in [3.63, 3.8) is 0 Å². The highest BCUT2D eigenvalue weighted by Crippen LogP contribution is 2.25. The van der Waals surface area contributed by atoms with Crippen molar-refractivity contribution in [3.05, 3.63) is 46.7 Å². The molecule has 0 aliphatic heterocycles. The van der Waals surface area contributed by atoms with Crippen LogP contribution < -0.4 is 5.73 Å². The van der Waals surface area contributed by atoms with Gasteiger partial charge in [-0.15, -0.1) is 0 Å². The quantitative estimate of drug-likeness (QED) is 0.944. The van der Waals surface area contributed by atoms with E-state index in [1.807, 2.05) is 37.4 Å². The summed E-state index contributed by atoms with van der Waals surface area (Å²) >= 11 is 4.89. The molecule has 0 bridgehead atoms. The monoisotopic (exact) mass is 309 g/mol. The summed E-state index contributed by atoms with van der Waals surface area (Å²) in [5, 5.41) is 1.85. The number of hydrogen-bond acceptors (Lipinski definition) is 4. The van der Waals surface area contributed by atoms with Crippen LogP contribution in [0.2, 0.25) is 0 Å². The van der Waals surface area contributed by atoms with Gasteiger partial charge in [0.05, 0.1) is 0 Å². The molecule has 17 heavy (non-hydrogen) atoms. The molecule has 0 aliphatic rings. The maximum atomic E-state index is 5.77. The number of hydrogen-bond donors (Lipinski definition) is 1. The van der Waals surface area contributed by atoms with Gasteiger partial charge in [0.1, 0.15) is 10.1 Å². The Kier molecular flexibility index (Phi) is 4.15. The molecular weight excluding hydrogens is 298 g/mol. The molecule has 0 saturated heterocycles. The van der Waals surface area contributed by atoms with Crippen molar-refractivity contribution in [3.8, 4) is 0 Å². The Morgan fingerprint density at radius 1 is 1.12 bits per heavy atom. The maximum absolute atomic E-state index is 5.77. The Balaban J connectivity index is 2.11. The molecule has 2 aromatic rings. The van der Waals surface area contributed by atoms with Gasteiger partial charge in [-0.1, -0.05) is 17.8 Å². The predicted octanol–water partition coefficient (Wildman–Crippen LogP) is 3.41. The lowest BCUT2D eigenvalue weighted by atomic mass is 10.2. The zero-order valence-electron chi connectivity index (χ0n) is 9.30. The topological polar surface area (TPSA) is 51.8 Å². The number of rotatable bonds is 3. The highest BCUT2D eigenvalue weighted by molar-refractivity contribution is 9.10. The minimum Gasteiger partial charge on any atom is -0.324 e. The summed E-state index contributed by atoms with van der Waals surface area (Å²) in [5.41, 5.74) is 6.81. The lowest BCUT2D eigenvalue weighted by Crippen LogP contribution is -2.04. The molecule has 0 spiro atoms. The van der Waals surface area contributed by atoms with E-state index in [1.165, 1.54) is 11.8 Å². The molecule has 2 aromatic heterocycles. The summed E-state index contributed by atoms with van der Waals surface area (Å²) in [5.74, 6) is 0. The first-order chi connectivity index (χ1) is 8.15. The fourth-order valence-electron chi connectivity index (χ4n) is 1.25. The highest BCUT2D eigenvalue weighted by Gasteiger charge is 2.02. The Bertz CT molecular complexity index is 482. The first-order valence-corrected chi connectivity index (χ1v) is 6.77. The zero-order valence-corrected chi connectivity index (χ0v) is 11.7. The van der Waals surface area contributed by atoms with E-state index in [2.05, 4.69) is 25.9 Å². The number of nitrogens with two attached hydrogens (primary N) is 1. The average Bonchev–Trinajstić information content (AvgIpc) is 2.33. The van der Waals surface area contributed by atoms with Crippen molar-refractivity contribution in [2.24, 2.45) is 5.73 Å². The highest BCUT2D eigenvalue weighted by atomic mass is 79.9. The first kappa shape index (κ1) is 12.5. The van der Waals surface area contributed by atoms with E-state index >= 15 is 0 Å². The smallest absolute Gasteiger partial charge is 0.102 e. The van der Waals surface area contributed by atoms with E-state index < -0.39 is 0 Å². The van der Waals surface area contributed by atoms with Gasteiger partial charge >= 0.3 is 0 Å². The van der Waals surface area contributed by atoms with Crippen molar-refractivity contribution in [1.82, 2.24) is 9.97 Å². The van der Waals surface area contributed by atoms with Crippen LogP contribution >= 0.6 is 27.7 Å². The number of halogens is 1. The van der Waals surface area contributed by atoms with Crippen LogP contribution in [0, 0.1) is 0 Å². The van der Waals surface area contributed by atoms with Crippen molar-refractivity contribution in [1.29, 1.82) is 0 Å². The lowest BCUT2D eigenvalue weighted by Gasteiger charge is -2.05. The van der Waals surface area contributed by atoms with Crippen molar-refractivity contribution in [2.45, 2.75) is 23.0 Å². The third-order valence-corrected chi connectivity index (χ3v) is 3.56. The number of aromatic nitrogens is 2. The lowest BCUT2D eigenvalue weighted by molar-refractivity contribution is 0.806. The number of pyridine rings is 2. The van der Waals surface area contributed by atoms with Gasteiger partial charge in [0.25, 0.3) is 0 Å². The van der Waals surface area contributed by atoms with E-state index in [9.17, 15) is 0 Å². The molecule has 0 saturated carbocycles. The zero-order chi connectivity index (χ0) is 12.3. The molecule has 88 valence electrons. The molecule has 0 fully saturated rings. The summed E-state index contributed by atoms with van der Waals surface area (Å²) in [4.78, 5) is 8.63. The summed E-state index contributed by atoms with van der Waals surface area (Å²) in [6, 6.07) is 7.90. The molecule has 2 heterocycles. The van der Waals surface area contributed by atoms with Crippen LogP contribution in [0.5, 0.6) is 0 Å². The maximum Gasteiger partial charge on any atom is 0.102 e. The van der Waals surface area contributed by atoms with Crippen LogP contribution in [0.25, 0.3) is 0 Å². The molecule has 0 radical (unpaired) electrons. The summed E-state index contributed by atoms with van der Waals surface area (Å²) in [6.07, 6.45) is 3.59. The largest absolute Gasteiger partial charge is 0.324 e. The van der Waals surface area contributed by atoms with Crippen LogP contribution in [0.15, 0.2) is 51.2 Å². The Morgan fingerprint density at radius 2 is 1.76 bits per heavy atom. The number of nitrogens with zero attached hydrogens (tertiary/aromatic N) is 2. The molecule has 0 aliphatic carbocycles. The molecular formula is C12H12BrN3S. The molecule has 3 nitrogen and oxygen atoms in total. The predicted molar refractivity (Wildman–Crippen MR) is 72.9 cm³/mol. The van der Waals surface area contributed by atoms with Gasteiger partial charge in [-0.2, -0.15) is 0 Å². The van der Waals surface area contributed by atoms with E-state index in [-0.39, 0.29) is 6.04 Å². The van der Waals surface area contributed by atoms with E-state index in [1.54, 1.807) is 6.20 Å². The van der Waals surface area contributed by atoms with Crippen molar-refractivity contribution >= 4 is 27.7 Å². The fourth-order valence-corrected chi connectivity index (χ4v) is 2.18. The van der Waals surface area contributed by atoms with Crippen molar-refractivity contribution in [2.75, 3.05) is 0 Å². The molecule has 0 amide bonds. The van der Waals surface area contributed by atoms with Crippen LogP contribution in [0.1, 0.15) is 18.5 Å². The molecule has 2 N–H and O–H groups in total. The molecule has 2 rings (SSSR count). The summed E-state index contributed by atoms with van der Waals surface area (Å²) in [6.45, 7) is 1.94. The van der Waals surface area contributed by atoms with Crippen LogP contribution in [-0.4, -0.2) is 9.97 Å². The molecule has 1 atom stereocenters. The fraction of sp³-hybridized carbons (Fsp3) is 0.167. The Morgan fingerprint density at radius 3 is 2.24 bits per heavy atom. The van der Waals surface area contributed by atoms with Gasteiger partial charge in [0, 0.05) is 22.9 Å². The second-order valence-corrected chi connectivity index (χ2v) is 5.59. The molecule has 0 aromatic carbocycles. The SMILES string of the molecule is CC(N)c1ccc(Sc2ccc(Br)cn2)nc1. The van der Waals surface area contributed by atoms with Gasteiger partial charge in [-0.25, -0.2) is 9.97 Å². The van der Waals surface area contributed by atoms with Crippen molar-refractivity contribution < 1.29 is 0 Å². The normalized spacial score (nSPS) is 12.4. The van der Waals surface area contributed by atoms with Gasteiger partial charge in [0.15, 0.2) is 0 Å². The summed E-state index contributed by atoms with van der Waals surface area (Å²) < 4.78 is 0.974. The van der Waals surface area contributed by atoms with Gasteiger partial charge in [-0.3, -0.25) is 0 Å². The molecule has 5 heteroatoms. The molecule has 1 unspecified atom stereocenters. The standard InChI is InChI=1S/C12H12BrN3S/c1-8(14)9-2-4-11(15-6-9)17-12-5-3-10(13)7-16-12/h2-8H,14H2,1H3. The minimum absolute atomic E-state index is 0.0207. The second-order valence-electron chi connectivity index (χ2n) is 3.64. The van der Waals surface area contributed by atoms with E-state index in [4.69, 9.17) is 5.73 Å². The van der Waals surface area contributed by atoms with Gasteiger partial charge in [0.2, 0.25) is 0 Å². The van der Waals surface area contributed by atoms with Gasteiger partial charge < -0.3 is 5.73 Å². The third-order valence-electron chi connectivity index (χ3n) is 2.19. The second kappa shape index (κ2) is 5.62. The third kappa shape index (κ3) is 3.52. The first-order valence-electron chi connectivity index (χ1n) is 5.16. The minimum atomic E-state index is 0.0207. The van der Waals surface area contributed by atoms with Crippen LogP contribution in [0.3, 0.4) is 0 Å². The van der Waals surface area contributed by atoms with E-state index in [0.29, 0.717) is 0 Å². The van der Waals surface area contributed by atoms with Crippen LogP contribution in [-0.2, 0) is 0 Å². The Labute approximate surface area is 113 Å². The summed E-state index contributed by atoms with van der Waals surface area (Å²) in [7, 11) is 0. The van der Waals surface area contributed by atoms with Crippen LogP contribution in [0.4, 0.5) is 0 Å². The van der Waals surface area contributed by atoms with E-state index in [0.717, 1.165) is 20.1 Å². The average molecular weight is 310 g/mol. The Hall–Kier alpha value is -0.910. The van der Waals surface area contributed by atoms with Gasteiger partial charge in [-0.05, 0) is 46.6 Å².